The molecule has 2 aromatic rings. The number of benzene rings is 2. The first-order valence-corrected chi connectivity index (χ1v) is 5.77. The van der Waals surface area contributed by atoms with Crippen LogP contribution < -0.4 is 4.74 Å². The molecule has 0 radical (unpaired) electrons. The fourth-order valence-corrected chi connectivity index (χ4v) is 1.63. The number of ether oxygens (including phenoxy) is 1. The number of para-hydroxylation sites is 1. The Balaban J connectivity index is 1.82. The van der Waals surface area contributed by atoms with Crippen molar-refractivity contribution < 1.29 is 4.74 Å². The quantitative estimate of drug-likeness (QED) is 0.740. The fraction of sp³-hybridized carbons (Fsp3) is 0.125. The first-order valence-electron chi connectivity index (χ1n) is 5.77. The third kappa shape index (κ3) is 3.49. The minimum Gasteiger partial charge on any atom is -0.493 e. The molecule has 0 saturated carbocycles. The van der Waals surface area contributed by atoms with Gasteiger partial charge in [-0.3, -0.25) is 0 Å². The second kappa shape index (κ2) is 5.90. The Morgan fingerprint density at radius 2 is 1.47 bits per heavy atom. The molecule has 0 fully saturated rings. The van der Waals surface area contributed by atoms with Crippen LogP contribution in [0.15, 0.2) is 67.2 Å². The fourth-order valence-electron chi connectivity index (χ4n) is 1.63. The second-order valence-electron chi connectivity index (χ2n) is 3.88. The molecule has 0 aliphatic carbocycles. The molecule has 1 heteroatoms. The van der Waals surface area contributed by atoms with Crippen LogP contribution in [0.25, 0.3) is 5.57 Å². The molecule has 0 atom stereocenters. The van der Waals surface area contributed by atoms with Gasteiger partial charge in [0, 0.05) is 6.42 Å². The Hall–Kier alpha value is -2.02. The van der Waals surface area contributed by atoms with Gasteiger partial charge in [-0.05, 0) is 23.3 Å². The highest BCUT2D eigenvalue weighted by atomic mass is 16.5. The Bertz CT molecular complexity index is 459. The molecule has 0 aliphatic heterocycles. The predicted octanol–water partition coefficient (Wildman–Crippen LogP) is 4.17. The molecule has 0 N–H and O–H groups in total. The molecular weight excluding hydrogens is 208 g/mol. The van der Waals surface area contributed by atoms with Crippen LogP contribution >= 0.6 is 0 Å². The maximum Gasteiger partial charge on any atom is 0.119 e. The lowest BCUT2D eigenvalue weighted by molar-refractivity contribution is 0.327. The Labute approximate surface area is 102 Å². The molecular formula is C16H16O. The van der Waals surface area contributed by atoms with E-state index >= 15 is 0 Å². The van der Waals surface area contributed by atoms with Crippen LogP contribution in [0.5, 0.6) is 5.75 Å². The van der Waals surface area contributed by atoms with E-state index in [-0.39, 0.29) is 0 Å². The van der Waals surface area contributed by atoms with Crippen molar-refractivity contribution in [1.82, 2.24) is 0 Å². The molecule has 86 valence electrons. The lowest BCUT2D eigenvalue weighted by Gasteiger charge is -2.08. The summed E-state index contributed by atoms with van der Waals surface area (Å²) in [6.45, 7) is 4.74. The lowest BCUT2D eigenvalue weighted by atomic mass is 10.1. The van der Waals surface area contributed by atoms with Crippen molar-refractivity contribution in [1.29, 1.82) is 0 Å². The number of rotatable bonds is 5. The van der Waals surface area contributed by atoms with Gasteiger partial charge in [-0.15, -0.1) is 0 Å². The summed E-state index contributed by atoms with van der Waals surface area (Å²) in [7, 11) is 0. The highest BCUT2D eigenvalue weighted by molar-refractivity contribution is 5.63. The minimum atomic E-state index is 0.664. The van der Waals surface area contributed by atoms with Crippen LogP contribution in [0.4, 0.5) is 0 Å². The summed E-state index contributed by atoms with van der Waals surface area (Å²) in [6, 6.07) is 20.1. The van der Waals surface area contributed by atoms with E-state index in [1.165, 1.54) is 5.56 Å². The van der Waals surface area contributed by atoms with E-state index in [0.29, 0.717) is 6.61 Å². The molecule has 0 aliphatic rings. The van der Waals surface area contributed by atoms with E-state index in [2.05, 4.69) is 18.7 Å². The molecule has 0 aromatic heterocycles. The summed E-state index contributed by atoms with van der Waals surface area (Å²) in [5.74, 6) is 0.911. The van der Waals surface area contributed by atoms with Crippen molar-refractivity contribution in [3.8, 4) is 5.75 Å². The molecule has 1 nitrogen and oxygen atoms in total. The maximum absolute atomic E-state index is 5.64. The van der Waals surface area contributed by atoms with Crippen LogP contribution in [-0.2, 0) is 0 Å². The molecule has 0 unspecified atom stereocenters. The van der Waals surface area contributed by atoms with Crippen molar-refractivity contribution in [2.24, 2.45) is 0 Å². The van der Waals surface area contributed by atoms with Gasteiger partial charge in [0.25, 0.3) is 0 Å². The van der Waals surface area contributed by atoms with E-state index < -0.39 is 0 Å². The molecule has 0 spiro atoms. The number of hydrogen-bond acceptors (Lipinski definition) is 1. The summed E-state index contributed by atoms with van der Waals surface area (Å²) in [5, 5.41) is 0. The Kier molecular flexibility index (Phi) is 3.98. The lowest BCUT2D eigenvalue weighted by Crippen LogP contribution is -1.98. The summed E-state index contributed by atoms with van der Waals surface area (Å²) in [4.78, 5) is 0. The van der Waals surface area contributed by atoms with Crippen LogP contribution in [0, 0.1) is 0 Å². The van der Waals surface area contributed by atoms with Gasteiger partial charge in [0.1, 0.15) is 5.75 Å². The first kappa shape index (κ1) is 11.5. The maximum atomic E-state index is 5.64. The van der Waals surface area contributed by atoms with Gasteiger partial charge in [0.2, 0.25) is 0 Å². The van der Waals surface area contributed by atoms with Gasteiger partial charge in [-0.2, -0.15) is 0 Å². The van der Waals surface area contributed by atoms with Gasteiger partial charge in [0.15, 0.2) is 0 Å². The Morgan fingerprint density at radius 3 is 2.12 bits per heavy atom. The van der Waals surface area contributed by atoms with Crippen molar-refractivity contribution in [2.45, 2.75) is 6.42 Å². The topological polar surface area (TPSA) is 9.23 Å². The summed E-state index contributed by atoms with van der Waals surface area (Å²) in [6.07, 6.45) is 0.846. The van der Waals surface area contributed by atoms with Gasteiger partial charge in [-0.25, -0.2) is 0 Å². The summed E-state index contributed by atoms with van der Waals surface area (Å²) < 4.78 is 5.64. The monoisotopic (exact) mass is 224 g/mol. The molecule has 0 heterocycles. The van der Waals surface area contributed by atoms with Crippen LogP contribution in [0.2, 0.25) is 0 Å². The smallest absolute Gasteiger partial charge is 0.119 e. The molecule has 2 aromatic carbocycles. The molecule has 0 amide bonds. The average Bonchev–Trinajstić information content (AvgIpc) is 2.41. The SMILES string of the molecule is C=C(CCOc1ccccc1)c1ccccc1. The van der Waals surface area contributed by atoms with E-state index in [4.69, 9.17) is 4.74 Å². The van der Waals surface area contributed by atoms with Crippen molar-refractivity contribution >= 4 is 5.57 Å². The van der Waals surface area contributed by atoms with E-state index in [1.54, 1.807) is 0 Å². The standard InChI is InChI=1S/C16H16O/c1-14(15-8-4-2-5-9-15)12-13-17-16-10-6-3-7-11-16/h2-11H,1,12-13H2. The van der Waals surface area contributed by atoms with Crippen LogP contribution in [-0.4, -0.2) is 6.61 Å². The third-order valence-electron chi connectivity index (χ3n) is 2.60. The van der Waals surface area contributed by atoms with Crippen LogP contribution in [0.3, 0.4) is 0 Å². The highest BCUT2D eigenvalue weighted by Crippen LogP contribution is 2.16. The summed E-state index contributed by atoms with van der Waals surface area (Å²) >= 11 is 0. The summed E-state index contributed by atoms with van der Waals surface area (Å²) in [5.41, 5.74) is 2.30. The minimum absolute atomic E-state index is 0.664. The Morgan fingerprint density at radius 1 is 0.882 bits per heavy atom. The zero-order valence-corrected chi connectivity index (χ0v) is 9.80. The van der Waals surface area contributed by atoms with Crippen LogP contribution in [0.1, 0.15) is 12.0 Å². The van der Waals surface area contributed by atoms with E-state index in [1.807, 2.05) is 48.5 Å². The average molecular weight is 224 g/mol. The highest BCUT2D eigenvalue weighted by Gasteiger charge is 1.98. The van der Waals surface area contributed by atoms with Gasteiger partial charge >= 0.3 is 0 Å². The van der Waals surface area contributed by atoms with Crippen molar-refractivity contribution in [3.05, 3.63) is 72.8 Å². The molecule has 0 saturated heterocycles. The number of hydrogen-bond donors (Lipinski definition) is 0. The largest absolute Gasteiger partial charge is 0.493 e. The van der Waals surface area contributed by atoms with E-state index in [9.17, 15) is 0 Å². The zero-order chi connectivity index (χ0) is 11.9. The van der Waals surface area contributed by atoms with Crippen molar-refractivity contribution in [3.63, 3.8) is 0 Å². The third-order valence-corrected chi connectivity index (χ3v) is 2.60. The van der Waals surface area contributed by atoms with Gasteiger partial charge < -0.3 is 4.74 Å². The zero-order valence-electron chi connectivity index (χ0n) is 9.80. The predicted molar refractivity (Wildman–Crippen MR) is 72.0 cm³/mol. The molecule has 2 rings (SSSR count). The van der Waals surface area contributed by atoms with Gasteiger partial charge in [-0.1, -0.05) is 55.1 Å². The van der Waals surface area contributed by atoms with Gasteiger partial charge in [0.05, 0.1) is 6.61 Å². The normalized spacial score (nSPS) is 9.88. The molecule has 0 bridgehead atoms. The van der Waals surface area contributed by atoms with Crippen molar-refractivity contribution in [2.75, 3.05) is 6.61 Å². The molecule has 17 heavy (non-hydrogen) atoms. The van der Waals surface area contributed by atoms with E-state index in [0.717, 1.165) is 17.7 Å². The first-order chi connectivity index (χ1) is 8.36. The second-order valence-corrected chi connectivity index (χ2v) is 3.88.